The molecule has 1 aliphatic heterocycles. The number of hydrogen-bond donors (Lipinski definition) is 2. The Morgan fingerprint density at radius 3 is 2.77 bits per heavy atom. The van der Waals surface area contributed by atoms with Gasteiger partial charge in [-0.15, -0.1) is 0 Å². The summed E-state index contributed by atoms with van der Waals surface area (Å²) in [6.07, 6.45) is -0.119. The normalized spacial score (nSPS) is 24.3. The highest BCUT2D eigenvalue weighted by Crippen LogP contribution is 2.31. The van der Waals surface area contributed by atoms with Gasteiger partial charge in [-0.2, -0.15) is 0 Å². The highest BCUT2D eigenvalue weighted by molar-refractivity contribution is 5.86. The van der Waals surface area contributed by atoms with Crippen LogP contribution in [0.4, 0.5) is 9.18 Å². The van der Waals surface area contributed by atoms with Gasteiger partial charge in [0.25, 0.3) is 0 Å². The maximum atomic E-state index is 13.5. The largest absolute Gasteiger partial charge is 0.480 e. The van der Waals surface area contributed by atoms with Crippen molar-refractivity contribution in [2.24, 2.45) is 0 Å². The van der Waals surface area contributed by atoms with Crippen LogP contribution in [0.3, 0.4) is 0 Å². The fraction of sp³-hybridized carbons (Fsp3) is 0.467. The van der Waals surface area contributed by atoms with Gasteiger partial charge in [0, 0.05) is 32.2 Å². The number of carboxylic acid groups (broad SMARTS) is 1. The Morgan fingerprint density at radius 1 is 1.50 bits per heavy atom. The molecule has 1 aromatic carbocycles. The van der Waals surface area contributed by atoms with Gasteiger partial charge in [-0.1, -0.05) is 18.2 Å². The van der Waals surface area contributed by atoms with Crippen LogP contribution in [0.15, 0.2) is 24.3 Å². The summed E-state index contributed by atoms with van der Waals surface area (Å²) in [7, 11) is 1.48. The molecule has 6 nitrogen and oxygen atoms in total. The van der Waals surface area contributed by atoms with Crippen LogP contribution >= 0.6 is 0 Å². The Morgan fingerprint density at radius 2 is 2.18 bits per heavy atom. The Balaban J connectivity index is 2.08. The molecule has 1 aliphatic rings. The van der Waals surface area contributed by atoms with E-state index < -0.39 is 23.4 Å². The number of methoxy groups -OCH3 is 1. The molecule has 1 saturated heterocycles. The molecule has 120 valence electrons. The fourth-order valence-electron chi connectivity index (χ4n) is 2.60. The van der Waals surface area contributed by atoms with E-state index in [4.69, 9.17) is 4.74 Å². The SMILES string of the molecule is COC1CN(C(=O)NCc2ccccc2F)C(C)(C(=O)O)C1. The van der Waals surface area contributed by atoms with Crippen molar-refractivity contribution in [2.75, 3.05) is 13.7 Å². The number of likely N-dealkylation sites (tertiary alicyclic amines) is 1. The maximum absolute atomic E-state index is 13.5. The zero-order valence-corrected chi connectivity index (χ0v) is 12.5. The summed E-state index contributed by atoms with van der Waals surface area (Å²) in [5.41, 5.74) is -0.990. The minimum Gasteiger partial charge on any atom is -0.480 e. The van der Waals surface area contributed by atoms with Crippen LogP contribution in [0, 0.1) is 5.82 Å². The van der Waals surface area contributed by atoms with Gasteiger partial charge in [0.2, 0.25) is 0 Å². The van der Waals surface area contributed by atoms with Crippen LogP contribution in [0.1, 0.15) is 18.9 Å². The lowest BCUT2D eigenvalue weighted by atomic mass is 9.98. The van der Waals surface area contributed by atoms with Gasteiger partial charge in [-0.3, -0.25) is 0 Å². The van der Waals surface area contributed by atoms with Crippen LogP contribution < -0.4 is 5.32 Å². The van der Waals surface area contributed by atoms with Crippen molar-refractivity contribution < 1.29 is 23.8 Å². The van der Waals surface area contributed by atoms with E-state index in [1.54, 1.807) is 18.2 Å². The Bertz CT molecular complexity index is 580. The predicted octanol–water partition coefficient (Wildman–Crippen LogP) is 1.60. The number of rotatable bonds is 4. The summed E-state index contributed by atoms with van der Waals surface area (Å²) in [5, 5.41) is 12.0. The molecule has 2 atom stereocenters. The number of carbonyl (C=O) groups excluding carboxylic acids is 1. The highest BCUT2D eigenvalue weighted by Gasteiger charge is 2.50. The third-order valence-electron chi connectivity index (χ3n) is 4.03. The average molecular weight is 310 g/mol. The molecule has 0 aromatic heterocycles. The summed E-state index contributed by atoms with van der Waals surface area (Å²) in [5.74, 6) is -1.51. The van der Waals surface area contributed by atoms with E-state index in [1.165, 1.54) is 25.0 Å². The molecule has 2 N–H and O–H groups in total. The molecular formula is C15H19FN2O4. The van der Waals surface area contributed by atoms with Crippen molar-refractivity contribution in [1.29, 1.82) is 0 Å². The molecule has 22 heavy (non-hydrogen) atoms. The van der Waals surface area contributed by atoms with E-state index in [1.807, 2.05) is 0 Å². The Hall–Kier alpha value is -2.15. The minimum absolute atomic E-state index is 0.00461. The second-order valence-corrected chi connectivity index (χ2v) is 5.50. The van der Waals surface area contributed by atoms with Gasteiger partial charge >= 0.3 is 12.0 Å². The first-order valence-electron chi connectivity index (χ1n) is 6.93. The number of ether oxygens (including phenoxy) is 1. The molecule has 0 aliphatic carbocycles. The van der Waals surface area contributed by atoms with E-state index in [-0.39, 0.29) is 25.6 Å². The molecule has 2 amide bonds. The maximum Gasteiger partial charge on any atom is 0.329 e. The summed E-state index contributed by atoms with van der Waals surface area (Å²) in [4.78, 5) is 25.0. The number of nitrogens with one attached hydrogen (secondary N) is 1. The number of amides is 2. The van der Waals surface area contributed by atoms with Crippen LogP contribution in [0.25, 0.3) is 0 Å². The van der Waals surface area contributed by atoms with Crippen molar-refractivity contribution in [2.45, 2.75) is 31.5 Å². The van der Waals surface area contributed by atoms with E-state index >= 15 is 0 Å². The van der Waals surface area contributed by atoms with Gasteiger partial charge in [-0.25, -0.2) is 14.0 Å². The number of carboxylic acids is 1. The second-order valence-electron chi connectivity index (χ2n) is 5.50. The molecular weight excluding hydrogens is 291 g/mol. The lowest BCUT2D eigenvalue weighted by Gasteiger charge is -2.30. The van der Waals surface area contributed by atoms with Crippen molar-refractivity contribution in [3.8, 4) is 0 Å². The molecule has 2 unspecified atom stereocenters. The third kappa shape index (κ3) is 3.04. The second kappa shape index (κ2) is 6.31. The van der Waals surface area contributed by atoms with Gasteiger partial charge in [0.05, 0.1) is 6.10 Å². The van der Waals surface area contributed by atoms with Crippen molar-refractivity contribution in [3.05, 3.63) is 35.6 Å². The van der Waals surface area contributed by atoms with Crippen LogP contribution in [-0.2, 0) is 16.1 Å². The zero-order chi connectivity index (χ0) is 16.3. The molecule has 2 rings (SSSR count). The van der Waals surface area contributed by atoms with E-state index in [0.717, 1.165) is 0 Å². The fourth-order valence-corrected chi connectivity index (χ4v) is 2.60. The van der Waals surface area contributed by atoms with Crippen LogP contribution in [0.2, 0.25) is 0 Å². The topological polar surface area (TPSA) is 78.9 Å². The van der Waals surface area contributed by atoms with Gasteiger partial charge in [0.1, 0.15) is 11.4 Å². The van der Waals surface area contributed by atoms with Gasteiger partial charge in [0.15, 0.2) is 0 Å². The Kier molecular flexibility index (Phi) is 4.65. The lowest BCUT2D eigenvalue weighted by Crippen LogP contribution is -2.54. The first kappa shape index (κ1) is 16.2. The molecule has 0 saturated carbocycles. The Labute approximate surface area is 127 Å². The predicted molar refractivity (Wildman–Crippen MR) is 76.8 cm³/mol. The minimum atomic E-state index is -1.33. The number of hydrogen-bond acceptors (Lipinski definition) is 3. The molecule has 1 fully saturated rings. The van der Waals surface area contributed by atoms with Crippen LogP contribution in [-0.4, -0.2) is 47.3 Å². The molecule has 7 heteroatoms. The van der Waals surface area contributed by atoms with Crippen molar-refractivity contribution >= 4 is 12.0 Å². The van der Waals surface area contributed by atoms with Crippen molar-refractivity contribution in [1.82, 2.24) is 10.2 Å². The summed E-state index contributed by atoms with van der Waals surface area (Å²) in [6.45, 7) is 1.66. The summed E-state index contributed by atoms with van der Waals surface area (Å²) < 4.78 is 18.7. The number of benzene rings is 1. The molecule has 1 heterocycles. The van der Waals surface area contributed by atoms with Gasteiger partial charge < -0.3 is 20.1 Å². The third-order valence-corrected chi connectivity index (χ3v) is 4.03. The monoisotopic (exact) mass is 310 g/mol. The van der Waals surface area contributed by atoms with Crippen molar-refractivity contribution in [3.63, 3.8) is 0 Å². The molecule has 0 bridgehead atoms. The van der Waals surface area contributed by atoms with Crippen LogP contribution in [0.5, 0.6) is 0 Å². The number of nitrogens with zero attached hydrogens (tertiary/aromatic N) is 1. The van der Waals surface area contributed by atoms with E-state index in [2.05, 4.69) is 5.32 Å². The number of carbonyl (C=O) groups is 2. The number of halogens is 1. The standard InChI is InChI=1S/C15H19FN2O4/c1-15(13(19)20)7-11(22-2)9-18(15)14(21)17-8-10-5-3-4-6-12(10)16/h3-6,11H,7-9H2,1-2H3,(H,17,21)(H,19,20). The number of urea groups is 1. The summed E-state index contributed by atoms with van der Waals surface area (Å²) >= 11 is 0. The first-order chi connectivity index (χ1) is 10.4. The first-order valence-corrected chi connectivity index (χ1v) is 6.93. The molecule has 0 radical (unpaired) electrons. The lowest BCUT2D eigenvalue weighted by molar-refractivity contribution is -0.147. The molecule has 1 aromatic rings. The quantitative estimate of drug-likeness (QED) is 0.885. The molecule has 0 spiro atoms. The average Bonchev–Trinajstić information content (AvgIpc) is 2.85. The number of aliphatic carboxylic acids is 1. The van der Waals surface area contributed by atoms with E-state index in [0.29, 0.717) is 5.56 Å². The highest BCUT2D eigenvalue weighted by atomic mass is 19.1. The van der Waals surface area contributed by atoms with Gasteiger partial charge in [-0.05, 0) is 13.0 Å². The smallest absolute Gasteiger partial charge is 0.329 e. The summed E-state index contributed by atoms with van der Waals surface area (Å²) in [6, 6.07) is 5.55. The van der Waals surface area contributed by atoms with E-state index in [9.17, 15) is 19.1 Å². The zero-order valence-electron chi connectivity index (χ0n) is 12.5.